The van der Waals surface area contributed by atoms with Gasteiger partial charge in [-0.15, -0.1) is 0 Å². The second-order valence-electron chi connectivity index (χ2n) is 4.24. The first-order chi connectivity index (χ1) is 9.18. The van der Waals surface area contributed by atoms with Crippen LogP contribution in [0.2, 0.25) is 0 Å². The van der Waals surface area contributed by atoms with Gasteiger partial charge in [0.15, 0.2) is 0 Å². The van der Waals surface area contributed by atoms with E-state index in [2.05, 4.69) is 35.9 Å². The monoisotopic (exact) mass is 325 g/mol. The Morgan fingerprint density at radius 1 is 1.42 bits per heavy atom. The number of hydrogen-bond acceptors (Lipinski definition) is 4. The lowest BCUT2D eigenvalue weighted by atomic mass is 10.3. The lowest BCUT2D eigenvalue weighted by molar-refractivity contribution is 0.620. The first kappa shape index (κ1) is 13.8. The fourth-order valence-electron chi connectivity index (χ4n) is 1.70. The van der Waals surface area contributed by atoms with Crippen molar-refractivity contribution in [2.75, 3.05) is 11.9 Å². The summed E-state index contributed by atoms with van der Waals surface area (Å²) in [4.78, 5) is 15.6. The first-order valence-electron chi connectivity index (χ1n) is 6.10. The summed E-state index contributed by atoms with van der Waals surface area (Å²) in [5.74, 6) is 0. The van der Waals surface area contributed by atoms with Gasteiger partial charge in [0.25, 0.3) is 5.56 Å². The van der Waals surface area contributed by atoms with Gasteiger partial charge in [0.1, 0.15) is 4.47 Å². The van der Waals surface area contributed by atoms with Crippen LogP contribution in [0, 0.1) is 0 Å². The van der Waals surface area contributed by atoms with Crippen molar-refractivity contribution < 1.29 is 0 Å². The van der Waals surface area contributed by atoms with E-state index in [1.165, 1.54) is 4.68 Å². The third-order valence-electron chi connectivity index (χ3n) is 2.80. The second-order valence-corrected chi connectivity index (χ2v) is 5.03. The molecule has 0 radical (unpaired) electrons. The maximum atomic E-state index is 11.6. The van der Waals surface area contributed by atoms with Crippen molar-refractivity contribution in [3.8, 4) is 0 Å². The van der Waals surface area contributed by atoms with Crippen LogP contribution in [0.25, 0.3) is 0 Å². The number of anilines is 1. The Bertz CT molecular complexity index is 578. The number of aromatic nitrogens is 4. The van der Waals surface area contributed by atoms with Crippen LogP contribution in [0.3, 0.4) is 0 Å². The molecule has 0 unspecified atom stereocenters. The van der Waals surface area contributed by atoms with Crippen LogP contribution in [-0.2, 0) is 13.6 Å². The number of imidazole rings is 1. The van der Waals surface area contributed by atoms with E-state index < -0.39 is 0 Å². The smallest absolute Gasteiger partial charge is 0.282 e. The molecule has 2 rings (SSSR count). The van der Waals surface area contributed by atoms with Crippen LogP contribution in [-0.4, -0.2) is 25.9 Å². The normalized spacial score (nSPS) is 10.6. The number of halogens is 1. The van der Waals surface area contributed by atoms with Crippen LogP contribution < -0.4 is 10.9 Å². The maximum absolute atomic E-state index is 11.6. The molecule has 0 aliphatic carbocycles. The highest BCUT2D eigenvalue weighted by Gasteiger charge is 2.05. The van der Waals surface area contributed by atoms with Gasteiger partial charge >= 0.3 is 0 Å². The Hall–Kier alpha value is -1.63. The molecule has 0 spiro atoms. The summed E-state index contributed by atoms with van der Waals surface area (Å²) < 4.78 is 3.88. The van der Waals surface area contributed by atoms with E-state index in [-0.39, 0.29) is 5.56 Å². The summed E-state index contributed by atoms with van der Waals surface area (Å²) in [5, 5.41) is 7.19. The van der Waals surface area contributed by atoms with Gasteiger partial charge in [0.2, 0.25) is 0 Å². The molecule has 2 aromatic heterocycles. The molecule has 0 amide bonds. The van der Waals surface area contributed by atoms with Crippen LogP contribution in [0.4, 0.5) is 5.69 Å². The molecule has 6 nitrogen and oxygen atoms in total. The predicted molar refractivity (Wildman–Crippen MR) is 77.1 cm³/mol. The molecular formula is C12H16BrN5O. The van der Waals surface area contributed by atoms with E-state index in [1.54, 1.807) is 19.4 Å². The van der Waals surface area contributed by atoms with Gasteiger partial charge in [-0.1, -0.05) is 0 Å². The van der Waals surface area contributed by atoms with Crippen LogP contribution in [0.15, 0.2) is 34.2 Å². The minimum atomic E-state index is -0.136. The number of nitrogens with one attached hydrogen (secondary N) is 1. The van der Waals surface area contributed by atoms with Gasteiger partial charge in [-0.25, -0.2) is 9.67 Å². The second kappa shape index (κ2) is 6.51. The molecule has 0 fully saturated rings. The highest BCUT2D eigenvalue weighted by molar-refractivity contribution is 9.10. The van der Waals surface area contributed by atoms with E-state index in [0.717, 1.165) is 31.6 Å². The number of rotatable bonds is 6. The summed E-state index contributed by atoms with van der Waals surface area (Å²) in [6.07, 6.45) is 9.27. The lowest BCUT2D eigenvalue weighted by Crippen LogP contribution is -2.21. The van der Waals surface area contributed by atoms with E-state index >= 15 is 0 Å². The lowest BCUT2D eigenvalue weighted by Gasteiger charge is -2.08. The van der Waals surface area contributed by atoms with Crippen LogP contribution in [0.5, 0.6) is 0 Å². The highest BCUT2D eigenvalue weighted by atomic mass is 79.9. The highest BCUT2D eigenvalue weighted by Crippen LogP contribution is 2.15. The van der Waals surface area contributed by atoms with Crippen molar-refractivity contribution in [3.63, 3.8) is 0 Å². The van der Waals surface area contributed by atoms with E-state index in [9.17, 15) is 4.79 Å². The number of aryl methyl sites for hydroxylation is 2. The number of unbranched alkanes of at least 4 members (excludes halogenated alkanes) is 1. The molecule has 2 aromatic rings. The molecule has 0 aliphatic heterocycles. The average Bonchev–Trinajstić information content (AvgIpc) is 2.91. The zero-order chi connectivity index (χ0) is 13.7. The fourth-order valence-corrected chi connectivity index (χ4v) is 2.19. The molecule has 19 heavy (non-hydrogen) atoms. The molecule has 102 valence electrons. The van der Waals surface area contributed by atoms with Gasteiger partial charge < -0.3 is 9.88 Å². The van der Waals surface area contributed by atoms with Gasteiger partial charge in [0, 0.05) is 32.5 Å². The maximum Gasteiger partial charge on any atom is 0.282 e. The molecule has 0 saturated heterocycles. The summed E-state index contributed by atoms with van der Waals surface area (Å²) in [7, 11) is 1.63. The molecule has 0 atom stereocenters. The van der Waals surface area contributed by atoms with Crippen molar-refractivity contribution in [1.82, 2.24) is 19.3 Å². The standard InChI is InChI=1S/C12H16BrN5O/c1-17-12(19)11(13)10(8-16-17)15-4-2-3-6-18-7-5-14-9-18/h5,7-9,15H,2-4,6H2,1H3. The number of nitrogens with zero attached hydrogens (tertiary/aromatic N) is 4. The topological polar surface area (TPSA) is 64.7 Å². The SMILES string of the molecule is Cn1ncc(NCCCCn2ccnc2)c(Br)c1=O. The van der Waals surface area contributed by atoms with Crippen molar-refractivity contribution in [2.24, 2.45) is 7.05 Å². The molecule has 2 heterocycles. The van der Waals surface area contributed by atoms with Gasteiger partial charge in [-0.3, -0.25) is 4.79 Å². The van der Waals surface area contributed by atoms with Crippen molar-refractivity contribution in [2.45, 2.75) is 19.4 Å². The first-order valence-corrected chi connectivity index (χ1v) is 6.89. The van der Waals surface area contributed by atoms with Gasteiger partial charge in [0.05, 0.1) is 18.2 Å². The minimum absolute atomic E-state index is 0.136. The van der Waals surface area contributed by atoms with E-state index in [0.29, 0.717) is 4.47 Å². The predicted octanol–water partition coefficient (Wildman–Crippen LogP) is 1.63. The Morgan fingerprint density at radius 2 is 2.26 bits per heavy atom. The van der Waals surface area contributed by atoms with E-state index in [1.807, 2.05) is 12.5 Å². The van der Waals surface area contributed by atoms with Crippen molar-refractivity contribution >= 4 is 21.6 Å². The summed E-state index contributed by atoms with van der Waals surface area (Å²) in [6.45, 7) is 1.76. The van der Waals surface area contributed by atoms with Crippen LogP contribution >= 0.6 is 15.9 Å². The van der Waals surface area contributed by atoms with Crippen LogP contribution in [0.1, 0.15) is 12.8 Å². The third-order valence-corrected chi connectivity index (χ3v) is 3.56. The summed E-state index contributed by atoms with van der Waals surface area (Å²) in [6, 6.07) is 0. The number of hydrogen-bond donors (Lipinski definition) is 1. The van der Waals surface area contributed by atoms with E-state index in [4.69, 9.17) is 0 Å². The molecule has 0 bridgehead atoms. The fraction of sp³-hybridized carbons (Fsp3) is 0.417. The van der Waals surface area contributed by atoms with Crippen molar-refractivity contribution in [1.29, 1.82) is 0 Å². The molecule has 1 N–H and O–H groups in total. The molecule has 7 heteroatoms. The summed E-state index contributed by atoms with van der Waals surface area (Å²) in [5.41, 5.74) is 0.606. The Morgan fingerprint density at radius 3 is 3.00 bits per heavy atom. The van der Waals surface area contributed by atoms with Gasteiger partial charge in [-0.2, -0.15) is 5.10 Å². The van der Waals surface area contributed by atoms with Gasteiger partial charge in [-0.05, 0) is 28.8 Å². The quantitative estimate of drug-likeness (QED) is 0.820. The zero-order valence-corrected chi connectivity index (χ0v) is 12.3. The molecule has 0 saturated carbocycles. The largest absolute Gasteiger partial charge is 0.383 e. The minimum Gasteiger partial charge on any atom is -0.383 e. The molecule has 0 aromatic carbocycles. The Balaban J connectivity index is 1.77. The van der Waals surface area contributed by atoms with Crippen molar-refractivity contribution in [3.05, 3.63) is 39.7 Å². The molecular weight excluding hydrogens is 310 g/mol. The average molecular weight is 326 g/mol. The third kappa shape index (κ3) is 3.66. The Kier molecular flexibility index (Phi) is 4.73. The zero-order valence-electron chi connectivity index (χ0n) is 10.7. The molecule has 0 aliphatic rings. The summed E-state index contributed by atoms with van der Waals surface area (Å²) >= 11 is 3.28. The Labute approximate surface area is 119 Å².